The summed E-state index contributed by atoms with van der Waals surface area (Å²) in [5.41, 5.74) is 0. The van der Waals surface area contributed by atoms with Gasteiger partial charge >= 0.3 is 6.61 Å². The number of halogens is 2. The van der Waals surface area contributed by atoms with Crippen molar-refractivity contribution in [2.24, 2.45) is 0 Å². The van der Waals surface area contributed by atoms with Crippen molar-refractivity contribution in [3.05, 3.63) is 24.3 Å². The molecule has 0 unspecified atom stereocenters. The molecule has 77 valence electrons. The molecule has 0 saturated carbocycles. The van der Waals surface area contributed by atoms with Gasteiger partial charge in [-0.2, -0.15) is 8.78 Å². The lowest BCUT2D eigenvalue weighted by Crippen LogP contribution is -2.03. The molecular formula is C8H7F2O3S. The summed E-state index contributed by atoms with van der Waals surface area (Å²) in [6.07, 6.45) is 0.975. The molecular weight excluding hydrogens is 214 g/mol. The quantitative estimate of drug-likeness (QED) is 0.776. The molecule has 0 spiro atoms. The molecule has 0 N–H and O–H groups in total. The molecule has 1 rings (SSSR count). The summed E-state index contributed by atoms with van der Waals surface area (Å²) in [5, 5.41) is 0. The summed E-state index contributed by atoms with van der Waals surface area (Å²) in [6, 6.07) is 5.76. The van der Waals surface area contributed by atoms with Crippen LogP contribution in [0.25, 0.3) is 0 Å². The van der Waals surface area contributed by atoms with Crippen LogP contribution in [0.1, 0.15) is 0 Å². The molecule has 0 saturated heterocycles. The first-order valence-corrected chi connectivity index (χ1v) is 5.45. The van der Waals surface area contributed by atoms with Gasteiger partial charge in [-0.1, -0.05) is 0 Å². The van der Waals surface area contributed by atoms with E-state index >= 15 is 0 Å². The average Bonchev–Trinajstić information content (AvgIpc) is 2.01. The molecule has 1 aromatic carbocycles. The number of rotatable bonds is 3. The minimum absolute atomic E-state index is 0.101. The fraction of sp³-hybridized carbons (Fsp3) is 0.250. The van der Waals surface area contributed by atoms with Crippen molar-refractivity contribution in [3.63, 3.8) is 0 Å². The second-order valence-electron chi connectivity index (χ2n) is 2.56. The van der Waals surface area contributed by atoms with E-state index in [1.807, 2.05) is 0 Å². The van der Waals surface area contributed by atoms with Crippen LogP contribution in [-0.2, 0) is 9.84 Å². The zero-order valence-electron chi connectivity index (χ0n) is 7.20. The topological polar surface area (TPSA) is 43.4 Å². The number of ether oxygens (including phenoxy) is 1. The summed E-state index contributed by atoms with van der Waals surface area (Å²) < 4.78 is 49.6. The third kappa shape index (κ3) is 2.95. The second kappa shape index (κ2) is 3.91. The highest BCUT2D eigenvalue weighted by Crippen LogP contribution is 2.18. The lowest BCUT2D eigenvalue weighted by atomic mass is 10.3. The SMILES string of the molecule is CS(=O)(=O)c1c[c]cc(OC(F)F)c1. The normalized spacial score (nSPS) is 11.7. The summed E-state index contributed by atoms with van der Waals surface area (Å²) in [4.78, 5) is -0.101. The zero-order valence-corrected chi connectivity index (χ0v) is 8.01. The standard InChI is InChI=1S/C8H7F2O3S/c1-14(11,12)7-4-2-3-6(5-7)13-8(9)10/h3-5,8H,1H3. The Morgan fingerprint density at radius 3 is 2.57 bits per heavy atom. The molecule has 3 nitrogen and oxygen atoms in total. The third-order valence-electron chi connectivity index (χ3n) is 1.39. The van der Waals surface area contributed by atoms with Crippen molar-refractivity contribution in [3.8, 4) is 5.75 Å². The largest absolute Gasteiger partial charge is 0.435 e. The van der Waals surface area contributed by atoms with Gasteiger partial charge in [-0.05, 0) is 24.3 Å². The Balaban J connectivity index is 3.02. The van der Waals surface area contributed by atoms with Gasteiger partial charge in [-0.15, -0.1) is 0 Å². The van der Waals surface area contributed by atoms with E-state index in [4.69, 9.17) is 0 Å². The molecule has 1 aromatic rings. The lowest BCUT2D eigenvalue weighted by molar-refractivity contribution is -0.0500. The molecule has 0 aliphatic carbocycles. The molecule has 14 heavy (non-hydrogen) atoms. The van der Waals surface area contributed by atoms with Crippen molar-refractivity contribution in [2.75, 3.05) is 6.26 Å². The Labute approximate surface area is 80.2 Å². The van der Waals surface area contributed by atoms with Crippen molar-refractivity contribution in [2.45, 2.75) is 11.5 Å². The Morgan fingerprint density at radius 1 is 1.43 bits per heavy atom. The van der Waals surface area contributed by atoms with Gasteiger partial charge in [0.1, 0.15) is 5.75 Å². The van der Waals surface area contributed by atoms with Gasteiger partial charge in [-0.3, -0.25) is 0 Å². The first-order valence-electron chi connectivity index (χ1n) is 3.55. The van der Waals surface area contributed by atoms with E-state index < -0.39 is 16.4 Å². The van der Waals surface area contributed by atoms with Crippen molar-refractivity contribution >= 4 is 9.84 Å². The maximum Gasteiger partial charge on any atom is 0.387 e. The smallest absolute Gasteiger partial charge is 0.387 e. The van der Waals surface area contributed by atoms with E-state index in [0.29, 0.717) is 0 Å². The van der Waals surface area contributed by atoms with Crippen LogP contribution in [0.15, 0.2) is 23.1 Å². The first kappa shape index (κ1) is 10.9. The van der Waals surface area contributed by atoms with Crippen molar-refractivity contribution in [1.29, 1.82) is 0 Å². The van der Waals surface area contributed by atoms with E-state index in [-0.39, 0.29) is 10.6 Å². The predicted octanol–water partition coefficient (Wildman–Crippen LogP) is 1.49. The Morgan fingerprint density at radius 2 is 2.07 bits per heavy atom. The molecule has 0 aliphatic heterocycles. The van der Waals surface area contributed by atoms with Crippen LogP contribution in [0.3, 0.4) is 0 Å². The maximum absolute atomic E-state index is 11.8. The molecule has 0 heterocycles. The minimum atomic E-state index is -3.42. The predicted molar refractivity (Wildman–Crippen MR) is 45.0 cm³/mol. The molecule has 0 aromatic heterocycles. The van der Waals surface area contributed by atoms with E-state index in [0.717, 1.165) is 18.4 Å². The maximum atomic E-state index is 11.8. The number of alkyl halides is 2. The van der Waals surface area contributed by atoms with Gasteiger partial charge in [0.25, 0.3) is 0 Å². The summed E-state index contributed by atoms with van der Waals surface area (Å²) in [5.74, 6) is -0.220. The van der Waals surface area contributed by atoms with E-state index in [9.17, 15) is 17.2 Å². The van der Waals surface area contributed by atoms with Crippen molar-refractivity contribution < 1.29 is 21.9 Å². The molecule has 0 bridgehead atoms. The monoisotopic (exact) mass is 221 g/mol. The van der Waals surface area contributed by atoms with E-state index in [2.05, 4.69) is 10.8 Å². The van der Waals surface area contributed by atoms with Crippen LogP contribution in [0.2, 0.25) is 0 Å². The molecule has 6 heteroatoms. The second-order valence-corrected chi connectivity index (χ2v) is 4.57. The van der Waals surface area contributed by atoms with Gasteiger partial charge in [-0.25, -0.2) is 8.42 Å². The zero-order chi connectivity index (χ0) is 10.8. The molecule has 0 amide bonds. The highest BCUT2D eigenvalue weighted by atomic mass is 32.2. The van der Waals surface area contributed by atoms with Crippen LogP contribution in [0.5, 0.6) is 5.75 Å². The van der Waals surface area contributed by atoms with Crippen LogP contribution in [-0.4, -0.2) is 21.3 Å². The fourth-order valence-electron chi connectivity index (χ4n) is 0.814. The molecule has 0 fully saturated rings. The summed E-state index contributed by atoms with van der Waals surface area (Å²) >= 11 is 0. The third-order valence-corrected chi connectivity index (χ3v) is 2.48. The van der Waals surface area contributed by atoms with Gasteiger partial charge < -0.3 is 4.74 Å². The van der Waals surface area contributed by atoms with E-state index in [1.54, 1.807) is 0 Å². The number of hydrogen-bond acceptors (Lipinski definition) is 3. The first-order chi connectivity index (χ1) is 6.39. The van der Waals surface area contributed by atoms with Crippen LogP contribution >= 0.6 is 0 Å². The van der Waals surface area contributed by atoms with Gasteiger partial charge in [0.2, 0.25) is 0 Å². The minimum Gasteiger partial charge on any atom is -0.435 e. The van der Waals surface area contributed by atoms with Gasteiger partial charge in [0, 0.05) is 6.26 Å². The summed E-state index contributed by atoms with van der Waals surface area (Å²) in [6.45, 7) is -2.97. The summed E-state index contributed by atoms with van der Waals surface area (Å²) in [7, 11) is -3.42. The van der Waals surface area contributed by atoms with Crippen LogP contribution in [0.4, 0.5) is 8.78 Å². The highest BCUT2D eigenvalue weighted by molar-refractivity contribution is 7.90. The highest BCUT2D eigenvalue weighted by Gasteiger charge is 2.10. The Hall–Kier alpha value is -1.17. The average molecular weight is 221 g/mol. The van der Waals surface area contributed by atoms with Gasteiger partial charge in [0.15, 0.2) is 9.84 Å². The Kier molecular flexibility index (Phi) is 3.05. The van der Waals surface area contributed by atoms with Gasteiger partial charge in [0.05, 0.1) is 4.90 Å². The number of benzene rings is 1. The Bertz CT molecular complexity index is 414. The van der Waals surface area contributed by atoms with Crippen LogP contribution < -0.4 is 4.74 Å². The van der Waals surface area contributed by atoms with Crippen molar-refractivity contribution in [1.82, 2.24) is 0 Å². The van der Waals surface area contributed by atoms with E-state index in [1.165, 1.54) is 6.07 Å². The molecule has 0 atom stereocenters. The fourth-order valence-corrected chi connectivity index (χ4v) is 1.43. The number of hydrogen-bond donors (Lipinski definition) is 0. The number of sulfone groups is 1. The van der Waals surface area contributed by atoms with Crippen LogP contribution in [0, 0.1) is 6.07 Å². The molecule has 1 radical (unpaired) electrons. The molecule has 0 aliphatic rings. The lowest BCUT2D eigenvalue weighted by Gasteiger charge is -2.04.